The summed E-state index contributed by atoms with van der Waals surface area (Å²) in [7, 11) is 0. The van der Waals surface area contributed by atoms with Crippen LogP contribution in [0.25, 0.3) is 0 Å². The maximum absolute atomic E-state index is 13.1. The van der Waals surface area contributed by atoms with E-state index in [0.29, 0.717) is 0 Å². The largest absolute Gasteiger partial charge is 0.390 e. The predicted molar refractivity (Wildman–Crippen MR) is 49.0 cm³/mol. The number of alkyl halides is 3. The van der Waals surface area contributed by atoms with Crippen molar-refractivity contribution in [3.05, 3.63) is 34.6 Å². The van der Waals surface area contributed by atoms with Crippen LogP contribution in [0, 0.1) is 5.82 Å². The highest BCUT2D eigenvalue weighted by Crippen LogP contribution is 2.29. The van der Waals surface area contributed by atoms with E-state index in [4.69, 9.17) is 17.3 Å². The first-order valence-corrected chi connectivity index (χ1v) is 4.44. The summed E-state index contributed by atoms with van der Waals surface area (Å²) in [6.07, 6.45) is -5.67. The monoisotopic (exact) mass is 241 g/mol. The summed E-state index contributed by atoms with van der Waals surface area (Å²) in [5.74, 6) is -0.820. The van der Waals surface area contributed by atoms with Crippen LogP contribution in [0.15, 0.2) is 18.2 Å². The van der Waals surface area contributed by atoms with Gasteiger partial charge in [-0.2, -0.15) is 13.2 Å². The Kier molecular flexibility index (Phi) is 3.57. The topological polar surface area (TPSA) is 26.0 Å². The van der Waals surface area contributed by atoms with E-state index in [-0.39, 0.29) is 10.6 Å². The highest BCUT2D eigenvalue weighted by Gasteiger charge is 2.31. The molecule has 0 saturated heterocycles. The van der Waals surface area contributed by atoms with Gasteiger partial charge in [0.1, 0.15) is 5.82 Å². The predicted octanol–water partition coefficient (Wildman–Crippen LogP) is 3.43. The molecule has 0 aliphatic rings. The summed E-state index contributed by atoms with van der Waals surface area (Å²) in [6.45, 7) is 0. The molecule has 1 nitrogen and oxygen atoms in total. The van der Waals surface area contributed by atoms with Crippen LogP contribution in [0.5, 0.6) is 0 Å². The van der Waals surface area contributed by atoms with Crippen molar-refractivity contribution in [3.8, 4) is 0 Å². The fraction of sp³-hybridized carbons (Fsp3) is 0.333. The fourth-order valence-corrected chi connectivity index (χ4v) is 1.32. The minimum atomic E-state index is -4.41. The molecule has 1 unspecified atom stereocenters. The van der Waals surface area contributed by atoms with Crippen molar-refractivity contribution in [2.45, 2.75) is 18.6 Å². The van der Waals surface area contributed by atoms with E-state index in [1.807, 2.05) is 0 Å². The van der Waals surface area contributed by atoms with E-state index in [1.54, 1.807) is 0 Å². The van der Waals surface area contributed by atoms with Crippen molar-refractivity contribution in [3.63, 3.8) is 0 Å². The molecule has 0 aliphatic heterocycles. The summed E-state index contributed by atoms with van der Waals surface area (Å²) in [4.78, 5) is 0. The molecule has 6 heteroatoms. The van der Waals surface area contributed by atoms with Crippen molar-refractivity contribution in [1.29, 1.82) is 0 Å². The van der Waals surface area contributed by atoms with Gasteiger partial charge >= 0.3 is 6.18 Å². The van der Waals surface area contributed by atoms with Crippen molar-refractivity contribution in [1.82, 2.24) is 0 Å². The highest BCUT2D eigenvalue weighted by atomic mass is 35.5. The average Bonchev–Trinajstić information content (AvgIpc) is 1.99. The molecule has 0 aliphatic carbocycles. The Labute approximate surface area is 88.8 Å². The molecule has 0 saturated carbocycles. The molecular formula is C9H8ClF4N. The molecule has 84 valence electrons. The first kappa shape index (κ1) is 12.3. The minimum Gasteiger partial charge on any atom is -0.324 e. The molecule has 1 atom stereocenters. The number of hydrogen-bond acceptors (Lipinski definition) is 1. The van der Waals surface area contributed by atoms with E-state index in [0.717, 1.165) is 12.1 Å². The molecule has 1 aromatic carbocycles. The zero-order valence-electron chi connectivity index (χ0n) is 7.48. The fourth-order valence-electron chi connectivity index (χ4n) is 1.16. The van der Waals surface area contributed by atoms with Crippen LogP contribution >= 0.6 is 11.6 Å². The molecule has 1 rings (SSSR count). The normalized spacial score (nSPS) is 14.0. The lowest BCUT2D eigenvalue weighted by atomic mass is 10.0. The first-order valence-electron chi connectivity index (χ1n) is 4.07. The van der Waals surface area contributed by atoms with Gasteiger partial charge in [0.05, 0.1) is 6.42 Å². The van der Waals surface area contributed by atoms with Crippen LogP contribution < -0.4 is 5.73 Å². The molecular weight excluding hydrogens is 234 g/mol. The Balaban J connectivity index is 2.87. The van der Waals surface area contributed by atoms with Crippen molar-refractivity contribution in [2.24, 2.45) is 5.73 Å². The summed E-state index contributed by atoms with van der Waals surface area (Å²) in [6, 6.07) is 2.00. The van der Waals surface area contributed by atoms with Gasteiger partial charge in [0.2, 0.25) is 0 Å². The Morgan fingerprint density at radius 2 is 1.93 bits per heavy atom. The summed E-state index contributed by atoms with van der Waals surface area (Å²) >= 11 is 5.45. The van der Waals surface area contributed by atoms with Gasteiger partial charge in [-0.1, -0.05) is 17.7 Å². The van der Waals surface area contributed by atoms with Crippen LogP contribution in [-0.4, -0.2) is 6.18 Å². The number of rotatable bonds is 2. The smallest absolute Gasteiger partial charge is 0.324 e. The maximum Gasteiger partial charge on any atom is 0.390 e. The molecule has 0 bridgehead atoms. The lowest BCUT2D eigenvalue weighted by molar-refractivity contribution is -0.138. The number of halogens is 5. The maximum atomic E-state index is 13.1. The Morgan fingerprint density at radius 3 is 2.40 bits per heavy atom. The minimum absolute atomic E-state index is 0.121. The Morgan fingerprint density at radius 1 is 1.33 bits per heavy atom. The molecule has 2 N–H and O–H groups in total. The van der Waals surface area contributed by atoms with Crippen LogP contribution in [-0.2, 0) is 0 Å². The third kappa shape index (κ3) is 3.68. The molecule has 0 heterocycles. The van der Waals surface area contributed by atoms with Crippen LogP contribution in [0.2, 0.25) is 5.02 Å². The SMILES string of the molecule is NC(CC(F)(F)F)c1ccc(Cl)cc1F. The molecule has 0 aromatic heterocycles. The van der Waals surface area contributed by atoms with Gasteiger partial charge in [0.15, 0.2) is 0 Å². The Bertz CT molecular complexity index is 350. The van der Waals surface area contributed by atoms with E-state index in [9.17, 15) is 17.6 Å². The van der Waals surface area contributed by atoms with E-state index in [1.165, 1.54) is 6.07 Å². The van der Waals surface area contributed by atoms with Gasteiger partial charge in [0, 0.05) is 16.6 Å². The number of benzene rings is 1. The van der Waals surface area contributed by atoms with E-state index >= 15 is 0 Å². The van der Waals surface area contributed by atoms with Gasteiger partial charge in [-0.3, -0.25) is 0 Å². The van der Waals surface area contributed by atoms with Crippen LogP contribution in [0.1, 0.15) is 18.0 Å². The van der Waals surface area contributed by atoms with Gasteiger partial charge in [-0.25, -0.2) is 4.39 Å². The number of hydrogen-bond donors (Lipinski definition) is 1. The van der Waals surface area contributed by atoms with Crippen molar-refractivity contribution < 1.29 is 17.6 Å². The third-order valence-corrected chi connectivity index (χ3v) is 2.05. The van der Waals surface area contributed by atoms with Crippen LogP contribution in [0.4, 0.5) is 17.6 Å². The standard InChI is InChI=1S/C9H8ClF4N/c10-5-1-2-6(7(11)3-5)8(15)4-9(12,13)14/h1-3,8H,4,15H2. The molecule has 0 amide bonds. The average molecular weight is 242 g/mol. The second kappa shape index (κ2) is 4.37. The first-order chi connectivity index (χ1) is 6.79. The summed E-state index contributed by atoms with van der Waals surface area (Å²) in [5, 5.41) is 0.121. The lowest BCUT2D eigenvalue weighted by Crippen LogP contribution is -2.21. The van der Waals surface area contributed by atoms with Crippen molar-refractivity contribution >= 4 is 11.6 Å². The second-order valence-electron chi connectivity index (χ2n) is 3.09. The van der Waals surface area contributed by atoms with Gasteiger partial charge in [-0.15, -0.1) is 0 Å². The van der Waals surface area contributed by atoms with Gasteiger partial charge in [0.25, 0.3) is 0 Å². The zero-order valence-corrected chi connectivity index (χ0v) is 8.24. The lowest BCUT2D eigenvalue weighted by Gasteiger charge is -2.15. The molecule has 1 aromatic rings. The number of nitrogens with two attached hydrogens (primary N) is 1. The van der Waals surface area contributed by atoms with E-state index < -0.39 is 24.5 Å². The summed E-state index contributed by atoms with van der Waals surface area (Å²) in [5.41, 5.74) is 5.05. The van der Waals surface area contributed by atoms with Crippen molar-refractivity contribution in [2.75, 3.05) is 0 Å². The third-order valence-electron chi connectivity index (χ3n) is 1.81. The molecule has 15 heavy (non-hydrogen) atoms. The second-order valence-corrected chi connectivity index (χ2v) is 3.53. The van der Waals surface area contributed by atoms with Gasteiger partial charge in [-0.05, 0) is 12.1 Å². The van der Waals surface area contributed by atoms with Crippen LogP contribution in [0.3, 0.4) is 0 Å². The zero-order chi connectivity index (χ0) is 11.6. The molecule has 0 spiro atoms. The summed E-state index contributed by atoms with van der Waals surface area (Å²) < 4.78 is 49.1. The van der Waals surface area contributed by atoms with E-state index in [2.05, 4.69) is 0 Å². The van der Waals surface area contributed by atoms with Gasteiger partial charge < -0.3 is 5.73 Å². The highest BCUT2D eigenvalue weighted by molar-refractivity contribution is 6.30. The quantitative estimate of drug-likeness (QED) is 0.789. The Hall–Kier alpha value is -0.810. The molecule has 0 fully saturated rings. The molecule has 0 radical (unpaired) electrons.